The average molecular weight is 219 g/mol. The largest absolute Gasteiger partial charge is 0.462 e. The van der Waals surface area contributed by atoms with Crippen LogP contribution in [0.25, 0.3) is 0 Å². The van der Waals surface area contributed by atoms with Crippen LogP contribution in [-0.4, -0.2) is 18.1 Å². The Morgan fingerprint density at radius 1 is 1.50 bits per heavy atom. The van der Waals surface area contributed by atoms with Gasteiger partial charge in [-0.25, -0.2) is 0 Å². The molecule has 3 atom stereocenters. The van der Waals surface area contributed by atoms with E-state index in [4.69, 9.17) is 10.5 Å². The Hall–Kier alpha value is -1.35. The van der Waals surface area contributed by atoms with Crippen molar-refractivity contribution in [1.29, 1.82) is 0 Å². The molecule has 3 unspecified atom stereocenters. The first-order valence-electron chi connectivity index (χ1n) is 5.60. The van der Waals surface area contributed by atoms with Crippen LogP contribution in [0.1, 0.15) is 30.9 Å². The summed E-state index contributed by atoms with van der Waals surface area (Å²) in [6.45, 7) is 3.34. The fraction of sp³-hybridized carbons (Fsp3) is 0.462. The third kappa shape index (κ3) is 1.95. The second-order valence-corrected chi connectivity index (χ2v) is 4.41. The van der Waals surface area contributed by atoms with Crippen molar-refractivity contribution in [3.05, 3.63) is 35.4 Å². The lowest BCUT2D eigenvalue weighted by Crippen LogP contribution is -2.33. The zero-order valence-corrected chi connectivity index (χ0v) is 9.64. The molecule has 1 aromatic rings. The van der Waals surface area contributed by atoms with Crippen molar-refractivity contribution in [2.45, 2.75) is 38.3 Å². The van der Waals surface area contributed by atoms with Crippen LogP contribution < -0.4 is 5.73 Å². The first kappa shape index (κ1) is 11.1. The van der Waals surface area contributed by atoms with E-state index in [0.717, 1.165) is 6.42 Å². The minimum absolute atomic E-state index is 0.0479. The molecule has 16 heavy (non-hydrogen) atoms. The lowest BCUT2D eigenvalue weighted by Gasteiger charge is -2.23. The van der Waals surface area contributed by atoms with E-state index in [9.17, 15) is 4.79 Å². The number of benzene rings is 1. The Morgan fingerprint density at radius 3 is 2.88 bits per heavy atom. The van der Waals surface area contributed by atoms with Gasteiger partial charge >= 0.3 is 5.97 Å². The maximum Gasteiger partial charge on any atom is 0.302 e. The molecule has 0 fully saturated rings. The van der Waals surface area contributed by atoms with Gasteiger partial charge in [-0.15, -0.1) is 0 Å². The first-order valence-corrected chi connectivity index (χ1v) is 5.60. The van der Waals surface area contributed by atoms with Crippen LogP contribution in [0.15, 0.2) is 24.3 Å². The summed E-state index contributed by atoms with van der Waals surface area (Å²) in [6.07, 6.45) is 0.711. The molecule has 1 aliphatic rings. The van der Waals surface area contributed by atoms with Gasteiger partial charge in [0.2, 0.25) is 0 Å². The Morgan fingerprint density at radius 2 is 2.19 bits per heavy atom. The van der Waals surface area contributed by atoms with Crippen LogP contribution in [0.5, 0.6) is 0 Å². The maximum absolute atomic E-state index is 11.0. The molecular formula is C13H17NO2. The summed E-state index contributed by atoms with van der Waals surface area (Å²) in [4.78, 5) is 11.0. The van der Waals surface area contributed by atoms with Gasteiger partial charge in [0.15, 0.2) is 0 Å². The molecule has 3 heteroatoms. The molecule has 2 N–H and O–H groups in total. The molecule has 0 saturated heterocycles. The smallest absolute Gasteiger partial charge is 0.302 e. The number of hydrogen-bond donors (Lipinski definition) is 1. The molecular weight excluding hydrogens is 202 g/mol. The number of esters is 1. The molecule has 0 heterocycles. The summed E-state index contributed by atoms with van der Waals surface area (Å²) < 4.78 is 5.24. The number of carbonyl (C=O) groups is 1. The minimum Gasteiger partial charge on any atom is -0.462 e. The maximum atomic E-state index is 11.0. The van der Waals surface area contributed by atoms with Crippen LogP contribution in [0, 0.1) is 0 Å². The second kappa shape index (κ2) is 4.26. The fourth-order valence-electron chi connectivity index (χ4n) is 2.59. The molecule has 3 nitrogen and oxygen atoms in total. The summed E-state index contributed by atoms with van der Waals surface area (Å²) in [5.74, 6) is -0.121. The van der Waals surface area contributed by atoms with E-state index in [0.29, 0.717) is 0 Å². The fourth-order valence-corrected chi connectivity index (χ4v) is 2.59. The van der Waals surface area contributed by atoms with Crippen molar-refractivity contribution in [1.82, 2.24) is 0 Å². The van der Waals surface area contributed by atoms with Gasteiger partial charge in [0.05, 0.1) is 0 Å². The molecule has 1 aliphatic carbocycles. The Bertz CT molecular complexity index is 403. The SMILES string of the molecule is CC(=O)OC(C)C1c2ccccc2CC1N. The van der Waals surface area contributed by atoms with Crippen molar-refractivity contribution >= 4 is 5.97 Å². The number of nitrogens with two attached hydrogens (primary N) is 1. The molecule has 0 amide bonds. The van der Waals surface area contributed by atoms with Crippen molar-refractivity contribution in [3.63, 3.8) is 0 Å². The highest BCUT2D eigenvalue weighted by Crippen LogP contribution is 2.35. The minimum atomic E-state index is -0.246. The zero-order chi connectivity index (χ0) is 11.7. The van der Waals surface area contributed by atoms with Gasteiger partial charge in [0.1, 0.15) is 6.10 Å². The number of rotatable bonds is 2. The van der Waals surface area contributed by atoms with Crippen LogP contribution in [0.2, 0.25) is 0 Å². The zero-order valence-electron chi connectivity index (χ0n) is 9.64. The summed E-state index contributed by atoms with van der Waals surface area (Å²) in [7, 11) is 0. The van der Waals surface area contributed by atoms with E-state index in [1.165, 1.54) is 18.1 Å². The number of hydrogen-bond acceptors (Lipinski definition) is 3. The van der Waals surface area contributed by atoms with E-state index >= 15 is 0 Å². The van der Waals surface area contributed by atoms with Crippen molar-refractivity contribution in [3.8, 4) is 0 Å². The lowest BCUT2D eigenvalue weighted by molar-refractivity contribution is -0.146. The molecule has 0 aliphatic heterocycles. The highest BCUT2D eigenvalue weighted by atomic mass is 16.5. The van der Waals surface area contributed by atoms with Gasteiger partial charge in [-0.3, -0.25) is 4.79 Å². The molecule has 0 spiro atoms. The van der Waals surface area contributed by atoms with Crippen LogP contribution in [0.4, 0.5) is 0 Å². The van der Waals surface area contributed by atoms with Gasteiger partial charge in [-0.2, -0.15) is 0 Å². The third-order valence-corrected chi connectivity index (χ3v) is 3.19. The molecule has 0 saturated carbocycles. The normalized spacial score (nSPS) is 24.9. The molecule has 86 valence electrons. The summed E-state index contributed by atoms with van der Waals surface area (Å²) >= 11 is 0. The Balaban J connectivity index is 2.24. The van der Waals surface area contributed by atoms with Gasteiger partial charge in [0, 0.05) is 18.9 Å². The standard InChI is InChI=1S/C13H17NO2/c1-8(16-9(2)15)13-11-6-4-3-5-10(11)7-12(13)14/h3-6,8,12-13H,7,14H2,1-2H3. The topological polar surface area (TPSA) is 52.3 Å². The van der Waals surface area contributed by atoms with E-state index in [1.807, 2.05) is 19.1 Å². The predicted octanol–water partition coefficient (Wildman–Crippen LogP) is 1.61. The Kier molecular flexibility index (Phi) is 2.97. The summed E-state index contributed by atoms with van der Waals surface area (Å²) in [6, 6.07) is 8.24. The van der Waals surface area contributed by atoms with Gasteiger partial charge in [-0.1, -0.05) is 24.3 Å². The second-order valence-electron chi connectivity index (χ2n) is 4.41. The van der Waals surface area contributed by atoms with E-state index < -0.39 is 0 Å². The number of fused-ring (bicyclic) bond motifs is 1. The molecule has 0 bridgehead atoms. The molecule has 1 aromatic carbocycles. The van der Waals surface area contributed by atoms with E-state index in [2.05, 4.69) is 12.1 Å². The first-order chi connectivity index (χ1) is 7.59. The predicted molar refractivity (Wildman–Crippen MR) is 62.1 cm³/mol. The molecule has 2 rings (SSSR count). The van der Waals surface area contributed by atoms with Crippen molar-refractivity contribution in [2.75, 3.05) is 0 Å². The summed E-state index contributed by atoms with van der Waals surface area (Å²) in [5, 5.41) is 0. The lowest BCUT2D eigenvalue weighted by atomic mass is 9.93. The van der Waals surface area contributed by atoms with E-state index in [-0.39, 0.29) is 24.0 Å². The number of ether oxygens (including phenoxy) is 1. The monoisotopic (exact) mass is 219 g/mol. The van der Waals surface area contributed by atoms with E-state index in [1.54, 1.807) is 0 Å². The molecule has 0 radical (unpaired) electrons. The van der Waals surface area contributed by atoms with Gasteiger partial charge in [0.25, 0.3) is 0 Å². The van der Waals surface area contributed by atoms with Crippen LogP contribution in [0.3, 0.4) is 0 Å². The van der Waals surface area contributed by atoms with Crippen molar-refractivity contribution < 1.29 is 9.53 Å². The molecule has 0 aromatic heterocycles. The summed E-state index contributed by atoms with van der Waals surface area (Å²) in [5.41, 5.74) is 8.62. The van der Waals surface area contributed by atoms with Crippen molar-refractivity contribution in [2.24, 2.45) is 5.73 Å². The quantitative estimate of drug-likeness (QED) is 0.769. The highest BCUT2D eigenvalue weighted by molar-refractivity contribution is 5.66. The third-order valence-electron chi connectivity index (χ3n) is 3.19. The average Bonchev–Trinajstić information content (AvgIpc) is 2.52. The Labute approximate surface area is 95.6 Å². The van der Waals surface area contributed by atoms with Crippen LogP contribution >= 0.6 is 0 Å². The highest BCUT2D eigenvalue weighted by Gasteiger charge is 2.34. The van der Waals surface area contributed by atoms with Gasteiger partial charge < -0.3 is 10.5 Å². The van der Waals surface area contributed by atoms with Gasteiger partial charge in [-0.05, 0) is 24.5 Å². The number of carbonyl (C=O) groups excluding carboxylic acids is 1. The van der Waals surface area contributed by atoms with Crippen LogP contribution in [-0.2, 0) is 16.0 Å².